The highest BCUT2D eigenvalue weighted by Gasteiger charge is 2.21. The highest BCUT2D eigenvalue weighted by Crippen LogP contribution is 2.18. The zero-order valence-electron chi connectivity index (χ0n) is 8.28. The molecule has 1 aromatic heterocycles. The highest BCUT2D eigenvalue weighted by atomic mass is 32.1. The Morgan fingerprint density at radius 2 is 2.29 bits per heavy atom. The average molecular weight is 211 g/mol. The zero-order valence-corrected chi connectivity index (χ0v) is 9.09. The molecule has 0 unspecified atom stereocenters. The van der Waals surface area contributed by atoms with E-state index in [1.807, 2.05) is 0 Å². The SMILES string of the molecule is O[C@H]1CCCC[C@@H]1NCc1ccsc1. The Kier molecular flexibility index (Phi) is 3.56. The summed E-state index contributed by atoms with van der Waals surface area (Å²) in [6.45, 7) is 0.894. The molecule has 0 bridgehead atoms. The van der Waals surface area contributed by atoms with E-state index in [1.165, 1.54) is 18.4 Å². The summed E-state index contributed by atoms with van der Waals surface area (Å²) < 4.78 is 0. The van der Waals surface area contributed by atoms with Crippen LogP contribution in [0.15, 0.2) is 16.8 Å². The fraction of sp³-hybridized carbons (Fsp3) is 0.636. The highest BCUT2D eigenvalue weighted by molar-refractivity contribution is 7.07. The number of aliphatic hydroxyl groups excluding tert-OH is 1. The third kappa shape index (κ3) is 2.56. The molecule has 1 saturated carbocycles. The first-order valence-electron chi connectivity index (χ1n) is 5.29. The lowest BCUT2D eigenvalue weighted by molar-refractivity contribution is 0.0903. The van der Waals surface area contributed by atoms with Gasteiger partial charge >= 0.3 is 0 Å². The van der Waals surface area contributed by atoms with Crippen molar-refractivity contribution in [2.45, 2.75) is 44.4 Å². The van der Waals surface area contributed by atoms with Gasteiger partial charge in [0.2, 0.25) is 0 Å². The van der Waals surface area contributed by atoms with Crippen molar-refractivity contribution in [2.24, 2.45) is 0 Å². The van der Waals surface area contributed by atoms with Gasteiger partial charge in [-0.2, -0.15) is 11.3 Å². The van der Waals surface area contributed by atoms with E-state index >= 15 is 0 Å². The summed E-state index contributed by atoms with van der Waals surface area (Å²) in [5.41, 5.74) is 1.33. The van der Waals surface area contributed by atoms with Crippen LogP contribution in [0.1, 0.15) is 31.2 Å². The summed E-state index contributed by atoms with van der Waals surface area (Å²) in [5, 5.41) is 17.4. The van der Waals surface area contributed by atoms with Crippen molar-refractivity contribution in [3.05, 3.63) is 22.4 Å². The predicted octanol–water partition coefficient (Wildman–Crippen LogP) is 2.14. The van der Waals surface area contributed by atoms with Gasteiger partial charge in [0.05, 0.1) is 6.10 Å². The maximum absolute atomic E-state index is 9.74. The second-order valence-corrected chi connectivity index (χ2v) is 4.75. The lowest BCUT2D eigenvalue weighted by Crippen LogP contribution is -2.41. The molecule has 0 aromatic carbocycles. The minimum atomic E-state index is -0.137. The fourth-order valence-corrected chi connectivity index (χ4v) is 2.66. The molecule has 0 saturated heterocycles. The van der Waals surface area contributed by atoms with Crippen LogP contribution in [0.25, 0.3) is 0 Å². The molecule has 78 valence electrons. The van der Waals surface area contributed by atoms with E-state index in [-0.39, 0.29) is 6.10 Å². The number of rotatable bonds is 3. The van der Waals surface area contributed by atoms with Crippen molar-refractivity contribution in [1.29, 1.82) is 0 Å². The molecule has 2 rings (SSSR count). The minimum absolute atomic E-state index is 0.137. The monoisotopic (exact) mass is 211 g/mol. The van der Waals surface area contributed by atoms with Gasteiger partial charge in [-0.15, -0.1) is 0 Å². The summed E-state index contributed by atoms with van der Waals surface area (Å²) in [6, 6.07) is 2.44. The summed E-state index contributed by atoms with van der Waals surface area (Å²) >= 11 is 1.72. The van der Waals surface area contributed by atoms with Crippen LogP contribution in [0, 0.1) is 0 Å². The van der Waals surface area contributed by atoms with E-state index in [4.69, 9.17) is 0 Å². The molecule has 1 fully saturated rings. The van der Waals surface area contributed by atoms with Crippen molar-refractivity contribution in [1.82, 2.24) is 5.32 Å². The van der Waals surface area contributed by atoms with Crippen molar-refractivity contribution < 1.29 is 5.11 Å². The van der Waals surface area contributed by atoms with Crippen LogP contribution in [0.5, 0.6) is 0 Å². The van der Waals surface area contributed by atoms with Crippen molar-refractivity contribution >= 4 is 11.3 Å². The molecule has 0 aliphatic heterocycles. The molecule has 2 atom stereocenters. The zero-order chi connectivity index (χ0) is 9.80. The molecule has 0 amide bonds. The lowest BCUT2D eigenvalue weighted by atomic mass is 9.92. The molecule has 0 spiro atoms. The number of hydrogen-bond acceptors (Lipinski definition) is 3. The summed E-state index contributed by atoms with van der Waals surface area (Å²) in [5.74, 6) is 0. The summed E-state index contributed by atoms with van der Waals surface area (Å²) in [4.78, 5) is 0. The smallest absolute Gasteiger partial charge is 0.0693 e. The van der Waals surface area contributed by atoms with Gasteiger partial charge in [-0.3, -0.25) is 0 Å². The van der Waals surface area contributed by atoms with Crippen LogP contribution in [0.2, 0.25) is 0 Å². The molecule has 3 heteroatoms. The molecule has 0 radical (unpaired) electrons. The molecule has 2 nitrogen and oxygen atoms in total. The molecule has 14 heavy (non-hydrogen) atoms. The Hall–Kier alpha value is -0.380. The Morgan fingerprint density at radius 3 is 3.00 bits per heavy atom. The average Bonchev–Trinajstić information content (AvgIpc) is 2.69. The number of aliphatic hydroxyl groups is 1. The quantitative estimate of drug-likeness (QED) is 0.803. The van der Waals surface area contributed by atoms with Crippen LogP contribution >= 0.6 is 11.3 Å². The van der Waals surface area contributed by atoms with Gasteiger partial charge < -0.3 is 10.4 Å². The number of nitrogens with one attached hydrogen (secondary N) is 1. The second kappa shape index (κ2) is 4.91. The molecular formula is C11H17NOS. The largest absolute Gasteiger partial charge is 0.392 e. The van der Waals surface area contributed by atoms with Gasteiger partial charge in [0.1, 0.15) is 0 Å². The maximum atomic E-state index is 9.74. The van der Waals surface area contributed by atoms with E-state index in [0.717, 1.165) is 19.4 Å². The molecule has 2 N–H and O–H groups in total. The van der Waals surface area contributed by atoms with Crippen molar-refractivity contribution in [3.63, 3.8) is 0 Å². The number of thiophene rings is 1. The van der Waals surface area contributed by atoms with Crippen LogP contribution < -0.4 is 5.32 Å². The van der Waals surface area contributed by atoms with Gasteiger partial charge in [0.15, 0.2) is 0 Å². The van der Waals surface area contributed by atoms with Crippen molar-refractivity contribution in [2.75, 3.05) is 0 Å². The third-order valence-corrected chi connectivity index (χ3v) is 3.61. The summed E-state index contributed by atoms with van der Waals surface area (Å²) in [7, 11) is 0. The van der Waals surface area contributed by atoms with Crippen LogP contribution in [-0.2, 0) is 6.54 Å². The van der Waals surface area contributed by atoms with Crippen LogP contribution in [0.4, 0.5) is 0 Å². The molecular weight excluding hydrogens is 194 g/mol. The minimum Gasteiger partial charge on any atom is -0.392 e. The molecule has 1 aliphatic carbocycles. The Morgan fingerprint density at radius 1 is 1.43 bits per heavy atom. The van der Waals surface area contributed by atoms with Crippen LogP contribution in [-0.4, -0.2) is 17.3 Å². The van der Waals surface area contributed by atoms with E-state index in [1.54, 1.807) is 11.3 Å². The molecule has 1 heterocycles. The van der Waals surface area contributed by atoms with Crippen LogP contribution in [0.3, 0.4) is 0 Å². The van der Waals surface area contributed by atoms with Gasteiger partial charge in [-0.25, -0.2) is 0 Å². The third-order valence-electron chi connectivity index (χ3n) is 2.88. The Bertz CT molecular complexity index is 260. The lowest BCUT2D eigenvalue weighted by Gasteiger charge is -2.28. The van der Waals surface area contributed by atoms with Gasteiger partial charge in [0.25, 0.3) is 0 Å². The molecule has 1 aliphatic rings. The maximum Gasteiger partial charge on any atom is 0.0693 e. The second-order valence-electron chi connectivity index (χ2n) is 3.97. The first-order chi connectivity index (χ1) is 6.86. The van der Waals surface area contributed by atoms with E-state index in [9.17, 15) is 5.11 Å². The van der Waals surface area contributed by atoms with Gasteiger partial charge in [0, 0.05) is 12.6 Å². The topological polar surface area (TPSA) is 32.3 Å². The standard InChI is InChI=1S/C11H17NOS/c13-11-4-2-1-3-10(11)12-7-9-5-6-14-8-9/h5-6,8,10-13H,1-4,7H2/t10-,11-/m0/s1. The fourth-order valence-electron chi connectivity index (χ4n) is 1.99. The predicted molar refractivity (Wildman–Crippen MR) is 59.4 cm³/mol. The Balaban J connectivity index is 1.79. The van der Waals surface area contributed by atoms with E-state index in [0.29, 0.717) is 6.04 Å². The summed E-state index contributed by atoms with van der Waals surface area (Å²) in [6.07, 6.45) is 4.37. The first kappa shape index (κ1) is 10.1. The first-order valence-corrected chi connectivity index (χ1v) is 6.23. The van der Waals surface area contributed by atoms with Gasteiger partial charge in [-0.1, -0.05) is 12.8 Å². The van der Waals surface area contributed by atoms with E-state index in [2.05, 4.69) is 22.1 Å². The van der Waals surface area contributed by atoms with E-state index < -0.39 is 0 Å². The number of hydrogen-bond donors (Lipinski definition) is 2. The van der Waals surface area contributed by atoms with Crippen molar-refractivity contribution in [3.8, 4) is 0 Å². The Labute approximate surface area is 89.0 Å². The normalized spacial score (nSPS) is 27.8. The van der Waals surface area contributed by atoms with Gasteiger partial charge in [-0.05, 0) is 35.2 Å². The molecule has 1 aromatic rings.